The van der Waals surface area contributed by atoms with E-state index in [1.807, 2.05) is 91.0 Å². The molecular formula is C33H25NO3. The average Bonchev–Trinajstić information content (AvgIpc) is 3.27. The summed E-state index contributed by atoms with van der Waals surface area (Å²) in [6.07, 6.45) is 0.0280. The molecule has 1 heterocycles. The van der Waals surface area contributed by atoms with Crippen molar-refractivity contribution < 1.29 is 14.7 Å². The molecule has 6 aromatic rings. The Kier molecular flexibility index (Phi) is 5.78. The fourth-order valence-electron chi connectivity index (χ4n) is 5.42. The van der Waals surface area contributed by atoms with Crippen LogP contribution >= 0.6 is 0 Å². The van der Waals surface area contributed by atoms with Crippen molar-refractivity contribution in [1.29, 1.82) is 0 Å². The quantitative estimate of drug-likeness (QED) is 0.236. The first kappa shape index (κ1) is 22.7. The molecule has 6 rings (SSSR count). The van der Waals surface area contributed by atoms with Crippen LogP contribution in [0.25, 0.3) is 38.3 Å². The Hall–Kier alpha value is -4.70. The van der Waals surface area contributed by atoms with Crippen LogP contribution in [0.1, 0.15) is 34.7 Å². The average molecular weight is 484 g/mol. The van der Waals surface area contributed by atoms with Crippen molar-refractivity contribution in [3.8, 4) is 5.69 Å². The lowest BCUT2D eigenvalue weighted by Crippen LogP contribution is -2.12. The summed E-state index contributed by atoms with van der Waals surface area (Å²) >= 11 is 0. The van der Waals surface area contributed by atoms with E-state index in [2.05, 4.69) is 28.8 Å². The zero-order valence-corrected chi connectivity index (χ0v) is 20.2. The predicted molar refractivity (Wildman–Crippen MR) is 149 cm³/mol. The Morgan fingerprint density at radius 3 is 1.84 bits per heavy atom. The van der Waals surface area contributed by atoms with Crippen LogP contribution in [-0.2, 0) is 4.79 Å². The Balaban J connectivity index is 1.36. The Morgan fingerprint density at radius 1 is 0.622 bits per heavy atom. The second kappa shape index (κ2) is 9.40. The molecule has 0 fully saturated rings. The summed E-state index contributed by atoms with van der Waals surface area (Å²) in [4.78, 5) is 25.1. The number of aromatic nitrogens is 1. The molecule has 37 heavy (non-hydrogen) atoms. The van der Waals surface area contributed by atoms with E-state index < -0.39 is 11.9 Å². The van der Waals surface area contributed by atoms with Gasteiger partial charge in [0.05, 0.1) is 17.5 Å². The predicted octanol–water partition coefficient (Wildman–Crippen LogP) is 7.77. The van der Waals surface area contributed by atoms with Gasteiger partial charge >= 0.3 is 5.97 Å². The number of rotatable bonds is 7. The van der Waals surface area contributed by atoms with Crippen molar-refractivity contribution >= 4 is 44.3 Å². The minimum atomic E-state index is -0.915. The highest BCUT2D eigenvalue weighted by Gasteiger charge is 2.22. The van der Waals surface area contributed by atoms with Crippen LogP contribution in [0.4, 0.5) is 0 Å². The smallest absolute Gasteiger partial charge is 0.303 e. The van der Waals surface area contributed by atoms with E-state index in [-0.39, 0.29) is 18.6 Å². The number of aliphatic carboxylic acids is 1. The van der Waals surface area contributed by atoms with Crippen LogP contribution in [0.15, 0.2) is 115 Å². The standard InChI is InChI=1S/C33H25NO3/c35-32(29-13-7-9-23-8-1-2-10-26(23)29)20-24(21-33(36)37)22-16-18-25(19-17-22)34-30-14-5-3-11-27(30)28-12-4-6-15-31(28)34/h1-19,24H,20-21H2,(H,36,37). The van der Waals surface area contributed by atoms with Crippen molar-refractivity contribution in [2.24, 2.45) is 0 Å². The third-order valence-corrected chi connectivity index (χ3v) is 7.15. The van der Waals surface area contributed by atoms with Gasteiger partial charge in [-0.3, -0.25) is 9.59 Å². The Bertz CT molecular complexity index is 1720. The number of carbonyl (C=O) groups excluding carboxylic acids is 1. The second-order valence-electron chi connectivity index (χ2n) is 9.41. The van der Waals surface area contributed by atoms with Gasteiger partial charge in [0, 0.05) is 34.4 Å². The number of fused-ring (bicyclic) bond motifs is 4. The zero-order valence-electron chi connectivity index (χ0n) is 20.2. The fourth-order valence-corrected chi connectivity index (χ4v) is 5.42. The van der Waals surface area contributed by atoms with Gasteiger partial charge < -0.3 is 9.67 Å². The number of carboxylic acid groups (broad SMARTS) is 1. The van der Waals surface area contributed by atoms with Crippen LogP contribution in [0.2, 0.25) is 0 Å². The number of hydrogen-bond acceptors (Lipinski definition) is 2. The lowest BCUT2D eigenvalue weighted by Gasteiger charge is -2.17. The lowest BCUT2D eigenvalue weighted by molar-refractivity contribution is -0.137. The highest BCUT2D eigenvalue weighted by atomic mass is 16.4. The van der Waals surface area contributed by atoms with Crippen LogP contribution < -0.4 is 0 Å². The summed E-state index contributed by atoms with van der Waals surface area (Å²) in [6, 6.07) is 38.1. The highest BCUT2D eigenvalue weighted by molar-refractivity contribution is 6.09. The van der Waals surface area contributed by atoms with E-state index in [4.69, 9.17) is 0 Å². The molecule has 0 radical (unpaired) electrons. The molecule has 4 heteroatoms. The van der Waals surface area contributed by atoms with E-state index in [1.54, 1.807) is 0 Å². The molecule has 0 aliphatic rings. The van der Waals surface area contributed by atoms with E-state index in [1.165, 1.54) is 10.8 Å². The maximum Gasteiger partial charge on any atom is 0.303 e. The van der Waals surface area contributed by atoms with Gasteiger partial charge in [-0.25, -0.2) is 0 Å². The number of carbonyl (C=O) groups is 2. The van der Waals surface area contributed by atoms with Gasteiger partial charge in [0.15, 0.2) is 5.78 Å². The van der Waals surface area contributed by atoms with Gasteiger partial charge in [0.1, 0.15) is 0 Å². The van der Waals surface area contributed by atoms with Crippen molar-refractivity contribution in [1.82, 2.24) is 4.57 Å². The topological polar surface area (TPSA) is 59.3 Å². The van der Waals surface area contributed by atoms with E-state index in [0.717, 1.165) is 33.1 Å². The van der Waals surface area contributed by atoms with Gasteiger partial charge in [-0.1, -0.05) is 91.0 Å². The zero-order chi connectivity index (χ0) is 25.4. The number of benzene rings is 5. The molecule has 1 unspecified atom stereocenters. The Labute approximate surface area is 214 Å². The Morgan fingerprint density at radius 2 is 1.19 bits per heavy atom. The number of Topliss-reactive ketones (excluding diaryl/α,β-unsaturated/α-hetero) is 1. The maximum atomic E-state index is 13.4. The molecule has 0 aliphatic carbocycles. The van der Waals surface area contributed by atoms with Crippen LogP contribution in [0.5, 0.6) is 0 Å². The summed E-state index contributed by atoms with van der Waals surface area (Å²) < 4.78 is 2.22. The van der Waals surface area contributed by atoms with Gasteiger partial charge in [0.25, 0.3) is 0 Å². The van der Waals surface area contributed by atoms with Crippen LogP contribution in [-0.4, -0.2) is 21.4 Å². The molecule has 1 N–H and O–H groups in total. The summed E-state index contributed by atoms with van der Waals surface area (Å²) in [5, 5.41) is 13.9. The molecule has 0 amide bonds. The molecule has 0 saturated carbocycles. The SMILES string of the molecule is O=C(O)CC(CC(=O)c1cccc2ccccc12)c1ccc(-n2c3ccccc3c3ccccc32)cc1. The van der Waals surface area contributed by atoms with Gasteiger partial charge in [-0.05, 0) is 40.6 Å². The van der Waals surface area contributed by atoms with Crippen molar-refractivity contribution in [3.63, 3.8) is 0 Å². The number of hydrogen-bond donors (Lipinski definition) is 1. The summed E-state index contributed by atoms with van der Waals surface area (Å²) in [5.74, 6) is -1.38. The minimum Gasteiger partial charge on any atom is -0.481 e. The molecule has 0 saturated heterocycles. The number of para-hydroxylation sites is 2. The van der Waals surface area contributed by atoms with E-state index >= 15 is 0 Å². The van der Waals surface area contributed by atoms with Gasteiger partial charge in [-0.2, -0.15) is 0 Å². The molecule has 0 spiro atoms. The second-order valence-corrected chi connectivity index (χ2v) is 9.41. The molecule has 4 nitrogen and oxygen atoms in total. The third kappa shape index (κ3) is 4.17. The van der Waals surface area contributed by atoms with Crippen molar-refractivity contribution in [2.75, 3.05) is 0 Å². The summed E-state index contributed by atoms with van der Waals surface area (Å²) in [7, 11) is 0. The minimum absolute atomic E-state index is 0.0467. The molecule has 5 aromatic carbocycles. The first-order chi connectivity index (χ1) is 18.1. The first-order valence-corrected chi connectivity index (χ1v) is 12.4. The number of carboxylic acids is 1. The van der Waals surface area contributed by atoms with E-state index in [9.17, 15) is 14.7 Å². The molecule has 0 aliphatic heterocycles. The highest BCUT2D eigenvalue weighted by Crippen LogP contribution is 2.33. The van der Waals surface area contributed by atoms with Crippen molar-refractivity contribution in [3.05, 3.63) is 126 Å². The molecular weight excluding hydrogens is 458 g/mol. The first-order valence-electron chi connectivity index (χ1n) is 12.4. The summed E-state index contributed by atoms with van der Waals surface area (Å²) in [5.41, 5.74) is 4.71. The molecule has 180 valence electrons. The van der Waals surface area contributed by atoms with Crippen LogP contribution in [0, 0.1) is 0 Å². The van der Waals surface area contributed by atoms with Gasteiger partial charge in [-0.15, -0.1) is 0 Å². The fraction of sp³-hybridized carbons (Fsp3) is 0.0909. The monoisotopic (exact) mass is 483 g/mol. The molecule has 0 bridgehead atoms. The van der Waals surface area contributed by atoms with Gasteiger partial charge in [0.2, 0.25) is 0 Å². The largest absolute Gasteiger partial charge is 0.481 e. The van der Waals surface area contributed by atoms with E-state index in [0.29, 0.717) is 5.56 Å². The molecule has 1 aromatic heterocycles. The van der Waals surface area contributed by atoms with Crippen molar-refractivity contribution in [2.45, 2.75) is 18.8 Å². The lowest BCUT2D eigenvalue weighted by atomic mass is 9.87. The molecule has 1 atom stereocenters. The number of nitrogens with zero attached hydrogens (tertiary/aromatic N) is 1. The number of ketones is 1. The maximum absolute atomic E-state index is 13.4. The van der Waals surface area contributed by atoms with Crippen LogP contribution in [0.3, 0.4) is 0 Å². The normalized spacial score (nSPS) is 12.2. The summed E-state index contributed by atoms with van der Waals surface area (Å²) in [6.45, 7) is 0. The third-order valence-electron chi connectivity index (χ3n) is 7.15.